The van der Waals surface area contributed by atoms with Gasteiger partial charge in [-0.15, -0.1) is 0 Å². The van der Waals surface area contributed by atoms with Crippen molar-refractivity contribution in [3.05, 3.63) is 35.9 Å². The molecule has 1 aromatic carbocycles. The summed E-state index contributed by atoms with van der Waals surface area (Å²) in [7, 11) is 0. The number of rotatable bonds is 4. The Bertz CT molecular complexity index is 374. The van der Waals surface area contributed by atoms with Gasteiger partial charge >= 0.3 is 0 Å². The lowest BCUT2D eigenvalue weighted by molar-refractivity contribution is -0.138. The van der Waals surface area contributed by atoms with E-state index in [0.717, 1.165) is 5.56 Å². The van der Waals surface area contributed by atoms with Crippen LogP contribution >= 0.6 is 0 Å². The molecule has 1 saturated heterocycles. The van der Waals surface area contributed by atoms with Crippen molar-refractivity contribution >= 4 is 5.91 Å². The number of likely N-dealkylation sites (tertiary alicyclic amines) is 1. The molecule has 3 N–H and O–H groups in total. The topological polar surface area (TPSA) is 66.6 Å². The minimum atomic E-state index is -0.239. The Balaban J connectivity index is 1.83. The Kier molecular flexibility index (Phi) is 3.76. The highest BCUT2D eigenvalue weighted by Gasteiger charge is 2.30. The highest BCUT2D eigenvalue weighted by Crippen LogP contribution is 2.20. The molecular weight excluding hydrogens is 216 g/mol. The standard InChI is InChI=1S/C13H18N2O2/c14-12(11-4-2-1-3-5-11)6-13(17)15-7-10(8-15)9-16/h1-5,10,12,16H,6-9,14H2. The number of nitrogens with two attached hydrogens (primary N) is 1. The van der Waals surface area contributed by atoms with Crippen molar-refractivity contribution < 1.29 is 9.90 Å². The number of hydrogen-bond donors (Lipinski definition) is 2. The summed E-state index contributed by atoms with van der Waals surface area (Å²) in [6, 6.07) is 9.40. The number of aliphatic hydroxyl groups is 1. The quantitative estimate of drug-likeness (QED) is 0.798. The van der Waals surface area contributed by atoms with Gasteiger partial charge in [0.05, 0.1) is 0 Å². The molecule has 0 bridgehead atoms. The maximum atomic E-state index is 11.8. The van der Waals surface area contributed by atoms with Crippen LogP contribution in [0.2, 0.25) is 0 Å². The van der Waals surface area contributed by atoms with Gasteiger partial charge in [0, 0.05) is 38.1 Å². The van der Waals surface area contributed by atoms with Crippen molar-refractivity contribution in [2.45, 2.75) is 12.5 Å². The molecule has 1 amide bonds. The summed E-state index contributed by atoms with van der Waals surface area (Å²) in [5.74, 6) is 0.331. The van der Waals surface area contributed by atoms with Crippen LogP contribution in [0.1, 0.15) is 18.0 Å². The summed E-state index contributed by atoms with van der Waals surface area (Å²) >= 11 is 0. The molecule has 1 aliphatic heterocycles. The van der Waals surface area contributed by atoms with Crippen LogP contribution in [0.25, 0.3) is 0 Å². The first-order chi connectivity index (χ1) is 8.20. The first-order valence-electron chi connectivity index (χ1n) is 5.90. The van der Waals surface area contributed by atoms with Gasteiger partial charge in [-0.3, -0.25) is 4.79 Å². The molecule has 0 radical (unpaired) electrons. The molecule has 1 fully saturated rings. The van der Waals surface area contributed by atoms with Crippen molar-refractivity contribution in [1.82, 2.24) is 4.90 Å². The molecule has 92 valence electrons. The molecule has 4 heteroatoms. The number of amides is 1. The van der Waals surface area contributed by atoms with Crippen molar-refractivity contribution in [1.29, 1.82) is 0 Å². The van der Waals surface area contributed by atoms with E-state index in [2.05, 4.69) is 0 Å². The average molecular weight is 234 g/mol. The SMILES string of the molecule is NC(CC(=O)N1CC(CO)C1)c1ccccc1. The predicted molar refractivity (Wildman–Crippen MR) is 65.1 cm³/mol. The summed E-state index contributed by atoms with van der Waals surface area (Å²) in [5.41, 5.74) is 6.97. The van der Waals surface area contributed by atoms with Crippen LogP contribution in [-0.4, -0.2) is 35.6 Å². The van der Waals surface area contributed by atoms with Crippen LogP contribution in [0.4, 0.5) is 0 Å². The lowest BCUT2D eigenvalue weighted by Crippen LogP contribution is -2.51. The monoisotopic (exact) mass is 234 g/mol. The molecular formula is C13H18N2O2. The maximum absolute atomic E-state index is 11.8. The summed E-state index contributed by atoms with van der Waals surface area (Å²) in [6.45, 7) is 1.49. The van der Waals surface area contributed by atoms with Gasteiger partial charge in [-0.05, 0) is 5.56 Å². The van der Waals surface area contributed by atoms with E-state index in [1.165, 1.54) is 0 Å². The van der Waals surface area contributed by atoms with E-state index in [1.54, 1.807) is 4.90 Å². The van der Waals surface area contributed by atoms with E-state index in [-0.39, 0.29) is 24.5 Å². The second kappa shape index (κ2) is 5.29. The summed E-state index contributed by atoms with van der Waals surface area (Å²) in [6.07, 6.45) is 0.335. The number of hydrogen-bond acceptors (Lipinski definition) is 3. The van der Waals surface area contributed by atoms with Crippen molar-refractivity contribution in [3.8, 4) is 0 Å². The Hall–Kier alpha value is -1.39. The van der Waals surface area contributed by atoms with Gasteiger partial charge in [0.25, 0.3) is 0 Å². The fourth-order valence-electron chi connectivity index (χ4n) is 2.02. The number of carbonyl (C=O) groups is 1. The zero-order chi connectivity index (χ0) is 12.3. The average Bonchev–Trinajstić information content (AvgIpc) is 2.28. The molecule has 1 aromatic rings. The molecule has 0 aliphatic carbocycles. The minimum Gasteiger partial charge on any atom is -0.396 e. The molecule has 2 rings (SSSR count). The van der Waals surface area contributed by atoms with Crippen molar-refractivity contribution in [2.24, 2.45) is 11.7 Å². The van der Waals surface area contributed by atoms with Gasteiger partial charge in [0.1, 0.15) is 0 Å². The highest BCUT2D eigenvalue weighted by atomic mass is 16.3. The maximum Gasteiger partial charge on any atom is 0.224 e. The predicted octanol–water partition coefficient (Wildman–Crippen LogP) is 0.527. The van der Waals surface area contributed by atoms with Crippen LogP contribution < -0.4 is 5.73 Å². The number of carbonyl (C=O) groups excluding carboxylic acids is 1. The van der Waals surface area contributed by atoms with E-state index >= 15 is 0 Å². The molecule has 4 nitrogen and oxygen atoms in total. The minimum absolute atomic E-state index is 0.0750. The van der Waals surface area contributed by atoms with E-state index in [9.17, 15) is 4.79 Å². The van der Waals surface area contributed by atoms with Crippen molar-refractivity contribution in [2.75, 3.05) is 19.7 Å². The van der Waals surface area contributed by atoms with Crippen LogP contribution in [0, 0.1) is 5.92 Å². The van der Waals surface area contributed by atoms with Gasteiger partial charge < -0.3 is 15.7 Å². The fourth-order valence-corrected chi connectivity index (χ4v) is 2.02. The zero-order valence-electron chi connectivity index (χ0n) is 9.75. The van der Waals surface area contributed by atoms with E-state index in [1.807, 2.05) is 30.3 Å². The van der Waals surface area contributed by atoms with Gasteiger partial charge in [-0.2, -0.15) is 0 Å². The third-order valence-corrected chi connectivity index (χ3v) is 3.19. The number of benzene rings is 1. The molecule has 0 spiro atoms. The molecule has 0 saturated carbocycles. The molecule has 17 heavy (non-hydrogen) atoms. The summed E-state index contributed by atoms with van der Waals surface area (Å²) in [4.78, 5) is 13.6. The zero-order valence-corrected chi connectivity index (χ0v) is 9.75. The van der Waals surface area contributed by atoms with E-state index in [0.29, 0.717) is 19.5 Å². The molecule has 1 aliphatic rings. The molecule has 1 atom stereocenters. The smallest absolute Gasteiger partial charge is 0.224 e. The summed E-state index contributed by atoms with van der Waals surface area (Å²) < 4.78 is 0. The Morgan fingerprint density at radius 1 is 1.41 bits per heavy atom. The van der Waals surface area contributed by atoms with Gasteiger partial charge in [-0.1, -0.05) is 30.3 Å². The Morgan fingerprint density at radius 3 is 2.65 bits per heavy atom. The second-order valence-electron chi connectivity index (χ2n) is 4.57. The lowest BCUT2D eigenvalue weighted by atomic mass is 9.98. The third-order valence-electron chi connectivity index (χ3n) is 3.19. The van der Waals surface area contributed by atoms with Crippen LogP contribution in [0.5, 0.6) is 0 Å². The highest BCUT2D eigenvalue weighted by molar-refractivity contribution is 5.77. The second-order valence-corrected chi connectivity index (χ2v) is 4.57. The first kappa shape index (κ1) is 12.1. The lowest BCUT2D eigenvalue weighted by Gasteiger charge is -2.38. The van der Waals surface area contributed by atoms with Gasteiger partial charge in [0.15, 0.2) is 0 Å². The normalized spacial score (nSPS) is 17.6. The van der Waals surface area contributed by atoms with Crippen molar-refractivity contribution in [3.63, 3.8) is 0 Å². The van der Waals surface area contributed by atoms with E-state index in [4.69, 9.17) is 10.8 Å². The van der Waals surface area contributed by atoms with Gasteiger partial charge in [0.2, 0.25) is 5.91 Å². The summed E-state index contributed by atoms with van der Waals surface area (Å²) in [5, 5.41) is 8.88. The van der Waals surface area contributed by atoms with Crippen LogP contribution in [0.3, 0.4) is 0 Å². The van der Waals surface area contributed by atoms with Crippen LogP contribution in [-0.2, 0) is 4.79 Å². The Labute approximate surface area is 101 Å². The number of nitrogens with zero attached hydrogens (tertiary/aromatic N) is 1. The largest absolute Gasteiger partial charge is 0.396 e. The molecule has 1 heterocycles. The van der Waals surface area contributed by atoms with Crippen LogP contribution in [0.15, 0.2) is 30.3 Å². The number of aliphatic hydroxyl groups excluding tert-OH is 1. The fraction of sp³-hybridized carbons (Fsp3) is 0.462. The molecule has 1 unspecified atom stereocenters. The Morgan fingerprint density at radius 2 is 2.06 bits per heavy atom. The van der Waals surface area contributed by atoms with E-state index < -0.39 is 0 Å². The van der Waals surface area contributed by atoms with Gasteiger partial charge in [-0.25, -0.2) is 0 Å². The first-order valence-corrected chi connectivity index (χ1v) is 5.90. The third kappa shape index (κ3) is 2.84. The molecule has 0 aromatic heterocycles.